The molecule has 2 heteroatoms. The Morgan fingerprint density at radius 3 is 2.71 bits per heavy atom. The second kappa shape index (κ2) is 5.63. The average molecular weight is 232 g/mol. The first-order valence-electron chi connectivity index (χ1n) is 6.80. The molecule has 2 rings (SSSR count). The molecule has 1 fully saturated rings. The Bertz CT molecular complexity index is 342. The first-order chi connectivity index (χ1) is 8.16. The highest BCUT2D eigenvalue weighted by molar-refractivity contribution is 5.21. The zero-order chi connectivity index (χ0) is 12.3. The Hall–Kier alpha value is -0.890. The third kappa shape index (κ3) is 3.29. The molecule has 2 unspecified atom stereocenters. The lowest BCUT2D eigenvalue weighted by molar-refractivity contribution is 0.243. The minimum Gasteiger partial charge on any atom is -0.316 e. The molecule has 94 valence electrons. The molecule has 0 aliphatic heterocycles. The molecule has 0 saturated heterocycles. The van der Waals surface area contributed by atoms with Gasteiger partial charge in [-0.1, -0.05) is 19.9 Å². The Morgan fingerprint density at radius 2 is 2.18 bits per heavy atom. The van der Waals surface area contributed by atoms with Crippen molar-refractivity contribution in [1.82, 2.24) is 10.3 Å². The van der Waals surface area contributed by atoms with Crippen molar-refractivity contribution in [2.75, 3.05) is 13.1 Å². The monoisotopic (exact) mass is 232 g/mol. The lowest BCUT2D eigenvalue weighted by atomic mass is 9.70. The van der Waals surface area contributed by atoms with E-state index in [2.05, 4.69) is 42.5 Å². The van der Waals surface area contributed by atoms with Gasteiger partial charge in [0, 0.05) is 11.9 Å². The number of hydrogen-bond donors (Lipinski definition) is 1. The van der Waals surface area contributed by atoms with Crippen LogP contribution in [0.2, 0.25) is 0 Å². The van der Waals surface area contributed by atoms with Crippen LogP contribution in [0.3, 0.4) is 0 Å². The highest BCUT2D eigenvalue weighted by Gasteiger charge is 2.31. The zero-order valence-electron chi connectivity index (χ0n) is 11.2. The molecule has 0 radical (unpaired) electrons. The van der Waals surface area contributed by atoms with Gasteiger partial charge < -0.3 is 5.32 Å². The molecule has 1 heterocycles. The van der Waals surface area contributed by atoms with E-state index in [0.717, 1.165) is 36.5 Å². The molecule has 1 N–H and O–H groups in total. The first kappa shape index (κ1) is 12.6. The van der Waals surface area contributed by atoms with Crippen LogP contribution < -0.4 is 5.32 Å². The third-order valence-corrected chi connectivity index (χ3v) is 3.74. The number of aromatic nitrogens is 1. The van der Waals surface area contributed by atoms with Gasteiger partial charge >= 0.3 is 0 Å². The van der Waals surface area contributed by atoms with Crippen LogP contribution in [-0.2, 0) is 0 Å². The molecule has 1 saturated carbocycles. The molecule has 1 aromatic heterocycles. The van der Waals surface area contributed by atoms with E-state index >= 15 is 0 Å². The van der Waals surface area contributed by atoms with Crippen LogP contribution in [0.1, 0.15) is 43.9 Å². The van der Waals surface area contributed by atoms with E-state index in [9.17, 15) is 0 Å². The second-order valence-corrected chi connectivity index (χ2v) is 5.73. The summed E-state index contributed by atoms with van der Waals surface area (Å²) in [4.78, 5) is 4.40. The van der Waals surface area contributed by atoms with E-state index < -0.39 is 0 Å². The van der Waals surface area contributed by atoms with E-state index in [1.165, 1.54) is 18.4 Å². The van der Waals surface area contributed by atoms with Gasteiger partial charge in [0.15, 0.2) is 0 Å². The molecular formula is C15H24N2. The standard InChI is InChI=1S/C15H24N2/c1-11(2)8-16-9-13-6-7-15(13)14-5-4-12(3)17-10-14/h4-5,10-11,13,15-16H,6-9H2,1-3H3. The predicted molar refractivity (Wildman–Crippen MR) is 72.1 cm³/mol. The van der Waals surface area contributed by atoms with Gasteiger partial charge in [0.05, 0.1) is 0 Å². The van der Waals surface area contributed by atoms with Crippen molar-refractivity contribution < 1.29 is 0 Å². The summed E-state index contributed by atoms with van der Waals surface area (Å²) < 4.78 is 0. The third-order valence-electron chi connectivity index (χ3n) is 3.74. The smallest absolute Gasteiger partial charge is 0.0372 e. The number of aryl methyl sites for hydroxylation is 1. The van der Waals surface area contributed by atoms with Gasteiger partial charge in [-0.3, -0.25) is 4.98 Å². The lowest BCUT2D eigenvalue weighted by Gasteiger charge is -2.37. The Kier molecular flexibility index (Phi) is 4.16. The maximum atomic E-state index is 4.40. The van der Waals surface area contributed by atoms with E-state index in [1.807, 2.05) is 6.92 Å². The molecule has 17 heavy (non-hydrogen) atoms. The van der Waals surface area contributed by atoms with Crippen LogP contribution in [-0.4, -0.2) is 18.1 Å². The van der Waals surface area contributed by atoms with Gasteiger partial charge in [-0.15, -0.1) is 0 Å². The fourth-order valence-electron chi connectivity index (χ4n) is 2.51. The van der Waals surface area contributed by atoms with E-state index in [4.69, 9.17) is 0 Å². The molecule has 0 amide bonds. The largest absolute Gasteiger partial charge is 0.316 e. The summed E-state index contributed by atoms with van der Waals surface area (Å²) in [7, 11) is 0. The molecule has 2 nitrogen and oxygen atoms in total. The van der Waals surface area contributed by atoms with Gasteiger partial charge in [0.2, 0.25) is 0 Å². The first-order valence-corrected chi connectivity index (χ1v) is 6.80. The Balaban J connectivity index is 1.84. The SMILES string of the molecule is Cc1ccc(C2CCC2CNCC(C)C)cn1. The van der Waals surface area contributed by atoms with Gasteiger partial charge in [-0.05, 0) is 62.2 Å². The van der Waals surface area contributed by atoms with Crippen molar-refractivity contribution >= 4 is 0 Å². The zero-order valence-corrected chi connectivity index (χ0v) is 11.2. The molecule has 0 spiro atoms. The van der Waals surface area contributed by atoms with Gasteiger partial charge in [0.25, 0.3) is 0 Å². The molecule has 0 bridgehead atoms. The fourth-order valence-corrected chi connectivity index (χ4v) is 2.51. The summed E-state index contributed by atoms with van der Waals surface area (Å²) >= 11 is 0. The molecule has 2 atom stereocenters. The number of hydrogen-bond acceptors (Lipinski definition) is 2. The van der Waals surface area contributed by atoms with Gasteiger partial charge in [0.1, 0.15) is 0 Å². The van der Waals surface area contributed by atoms with Crippen molar-refractivity contribution in [3.63, 3.8) is 0 Å². The van der Waals surface area contributed by atoms with Crippen LogP contribution in [0.15, 0.2) is 18.3 Å². The number of nitrogens with one attached hydrogen (secondary N) is 1. The predicted octanol–water partition coefficient (Wildman–Crippen LogP) is 3.13. The fraction of sp³-hybridized carbons (Fsp3) is 0.667. The summed E-state index contributed by atoms with van der Waals surface area (Å²) in [6.07, 6.45) is 4.76. The highest BCUT2D eigenvalue weighted by atomic mass is 14.9. The van der Waals surface area contributed by atoms with E-state index in [1.54, 1.807) is 0 Å². The molecule has 1 aromatic rings. The van der Waals surface area contributed by atoms with Crippen molar-refractivity contribution in [2.24, 2.45) is 11.8 Å². The summed E-state index contributed by atoms with van der Waals surface area (Å²) in [5, 5.41) is 3.58. The van der Waals surface area contributed by atoms with Gasteiger partial charge in [-0.25, -0.2) is 0 Å². The van der Waals surface area contributed by atoms with Crippen molar-refractivity contribution in [2.45, 2.75) is 39.5 Å². The summed E-state index contributed by atoms with van der Waals surface area (Å²) in [6.45, 7) is 8.86. The van der Waals surface area contributed by atoms with Crippen LogP contribution in [0.25, 0.3) is 0 Å². The summed E-state index contributed by atoms with van der Waals surface area (Å²) in [5.41, 5.74) is 2.54. The molecule has 1 aliphatic carbocycles. The normalized spacial score (nSPS) is 23.8. The molecule has 1 aliphatic rings. The maximum absolute atomic E-state index is 4.40. The van der Waals surface area contributed by atoms with Crippen LogP contribution in [0, 0.1) is 18.8 Å². The molecule has 0 aromatic carbocycles. The second-order valence-electron chi connectivity index (χ2n) is 5.73. The lowest BCUT2D eigenvalue weighted by Crippen LogP contribution is -2.35. The van der Waals surface area contributed by atoms with Crippen molar-refractivity contribution in [3.05, 3.63) is 29.6 Å². The van der Waals surface area contributed by atoms with Gasteiger partial charge in [-0.2, -0.15) is 0 Å². The Labute approximate surface area is 105 Å². The maximum Gasteiger partial charge on any atom is 0.0372 e. The number of nitrogens with zero attached hydrogens (tertiary/aromatic N) is 1. The summed E-state index contributed by atoms with van der Waals surface area (Å²) in [5.74, 6) is 2.30. The van der Waals surface area contributed by atoms with Crippen molar-refractivity contribution in [1.29, 1.82) is 0 Å². The summed E-state index contributed by atoms with van der Waals surface area (Å²) in [6, 6.07) is 4.38. The van der Waals surface area contributed by atoms with E-state index in [-0.39, 0.29) is 0 Å². The highest BCUT2D eigenvalue weighted by Crippen LogP contribution is 2.41. The quantitative estimate of drug-likeness (QED) is 0.843. The van der Waals surface area contributed by atoms with Crippen LogP contribution >= 0.6 is 0 Å². The van der Waals surface area contributed by atoms with Crippen LogP contribution in [0.4, 0.5) is 0 Å². The number of pyridine rings is 1. The Morgan fingerprint density at radius 1 is 1.35 bits per heavy atom. The minimum absolute atomic E-state index is 0.739. The van der Waals surface area contributed by atoms with E-state index in [0.29, 0.717) is 0 Å². The minimum atomic E-state index is 0.739. The average Bonchev–Trinajstić information content (AvgIpc) is 2.25. The topological polar surface area (TPSA) is 24.9 Å². The van der Waals surface area contributed by atoms with Crippen molar-refractivity contribution in [3.8, 4) is 0 Å². The molecular weight excluding hydrogens is 208 g/mol. The van der Waals surface area contributed by atoms with Crippen LogP contribution in [0.5, 0.6) is 0 Å². The number of rotatable bonds is 5.